The second-order valence-electron chi connectivity index (χ2n) is 3.21. The highest BCUT2D eigenvalue weighted by Gasteiger charge is 2.11. The summed E-state index contributed by atoms with van der Waals surface area (Å²) in [5.74, 6) is 1.46. The molecule has 16 heavy (non-hydrogen) atoms. The molecule has 0 aliphatic rings. The Bertz CT molecular complexity index is 435. The highest BCUT2D eigenvalue weighted by Crippen LogP contribution is 2.26. The normalized spacial score (nSPS) is 12.9. The number of rotatable bonds is 4. The molecule has 0 saturated heterocycles. The van der Waals surface area contributed by atoms with Gasteiger partial charge < -0.3 is 9.73 Å². The van der Waals surface area contributed by atoms with Crippen molar-refractivity contribution in [3.63, 3.8) is 0 Å². The van der Waals surface area contributed by atoms with Crippen molar-refractivity contribution >= 4 is 31.9 Å². The molecule has 0 amide bonds. The van der Waals surface area contributed by atoms with E-state index in [1.807, 2.05) is 13.0 Å². The van der Waals surface area contributed by atoms with Crippen molar-refractivity contribution in [1.82, 2.24) is 25.9 Å². The maximum Gasteiger partial charge on any atom is 0.191 e. The predicted octanol–water partition coefficient (Wildman–Crippen LogP) is 2.17. The molecule has 6 nitrogen and oxygen atoms in total. The number of hydrogen-bond acceptors (Lipinski definition) is 5. The minimum Gasteiger partial charge on any atom is -0.452 e. The number of nitrogens with one attached hydrogen (secondary N) is 2. The van der Waals surface area contributed by atoms with Gasteiger partial charge in [0, 0.05) is 0 Å². The second-order valence-corrected chi connectivity index (χ2v) is 4.78. The van der Waals surface area contributed by atoms with Crippen LogP contribution in [0.1, 0.15) is 24.6 Å². The second kappa shape index (κ2) is 5.07. The fourth-order valence-electron chi connectivity index (χ4n) is 1.18. The Balaban J connectivity index is 1.92. The van der Waals surface area contributed by atoms with Crippen molar-refractivity contribution < 1.29 is 4.42 Å². The molecule has 0 fully saturated rings. The molecule has 1 unspecified atom stereocenters. The first-order valence-electron chi connectivity index (χ1n) is 4.57. The third kappa shape index (κ3) is 2.69. The molecule has 0 aliphatic heterocycles. The fourth-order valence-corrected chi connectivity index (χ4v) is 1.84. The SMILES string of the molecule is CC(NCc1cc(Br)c(Br)o1)c1nn[nH]n1. The van der Waals surface area contributed by atoms with Crippen LogP contribution in [0.4, 0.5) is 0 Å². The van der Waals surface area contributed by atoms with E-state index in [-0.39, 0.29) is 6.04 Å². The maximum absolute atomic E-state index is 5.43. The number of furan rings is 1. The van der Waals surface area contributed by atoms with Gasteiger partial charge >= 0.3 is 0 Å². The van der Waals surface area contributed by atoms with Crippen LogP contribution >= 0.6 is 31.9 Å². The van der Waals surface area contributed by atoms with Gasteiger partial charge in [-0.1, -0.05) is 5.21 Å². The number of aromatic amines is 1. The predicted molar refractivity (Wildman–Crippen MR) is 63.5 cm³/mol. The minimum atomic E-state index is 0.0152. The molecular formula is C8H9Br2N5O. The van der Waals surface area contributed by atoms with Crippen molar-refractivity contribution in [2.75, 3.05) is 0 Å². The summed E-state index contributed by atoms with van der Waals surface area (Å²) in [6.07, 6.45) is 0. The molecule has 0 aromatic carbocycles. The van der Waals surface area contributed by atoms with Crippen LogP contribution in [0.5, 0.6) is 0 Å². The Kier molecular flexibility index (Phi) is 3.72. The Morgan fingerprint density at radius 1 is 1.56 bits per heavy atom. The average Bonchev–Trinajstić information content (AvgIpc) is 2.86. The molecule has 2 N–H and O–H groups in total. The number of hydrogen-bond donors (Lipinski definition) is 2. The van der Waals surface area contributed by atoms with E-state index in [4.69, 9.17) is 4.42 Å². The Hall–Kier alpha value is -0.730. The lowest BCUT2D eigenvalue weighted by molar-refractivity contribution is 0.440. The highest BCUT2D eigenvalue weighted by atomic mass is 79.9. The zero-order valence-corrected chi connectivity index (χ0v) is 11.5. The van der Waals surface area contributed by atoms with Crippen LogP contribution in [0.3, 0.4) is 0 Å². The van der Waals surface area contributed by atoms with Crippen LogP contribution in [-0.2, 0) is 6.54 Å². The smallest absolute Gasteiger partial charge is 0.191 e. The van der Waals surface area contributed by atoms with E-state index in [0.29, 0.717) is 17.0 Å². The molecule has 86 valence electrons. The molecule has 0 spiro atoms. The van der Waals surface area contributed by atoms with E-state index < -0.39 is 0 Å². The van der Waals surface area contributed by atoms with Crippen LogP contribution in [0.25, 0.3) is 0 Å². The van der Waals surface area contributed by atoms with Crippen molar-refractivity contribution in [3.8, 4) is 0 Å². The first kappa shape index (κ1) is 11.7. The summed E-state index contributed by atoms with van der Waals surface area (Å²) in [6.45, 7) is 2.55. The number of aromatic nitrogens is 4. The van der Waals surface area contributed by atoms with Crippen molar-refractivity contribution in [2.24, 2.45) is 0 Å². The Morgan fingerprint density at radius 3 is 2.94 bits per heavy atom. The topological polar surface area (TPSA) is 79.6 Å². The molecule has 2 rings (SSSR count). The van der Waals surface area contributed by atoms with Crippen LogP contribution in [0, 0.1) is 0 Å². The standard InChI is InChI=1S/C8H9Br2N5O/c1-4(8-12-14-15-13-8)11-3-5-2-6(9)7(10)16-5/h2,4,11H,3H2,1H3,(H,12,13,14,15). The monoisotopic (exact) mass is 349 g/mol. The summed E-state index contributed by atoms with van der Waals surface area (Å²) in [7, 11) is 0. The summed E-state index contributed by atoms with van der Waals surface area (Å²) in [5.41, 5.74) is 0. The van der Waals surface area contributed by atoms with E-state index in [9.17, 15) is 0 Å². The molecule has 2 aromatic rings. The van der Waals surface area contributed by atoms with Gasteiger partial charge in [-0.05, 0) is 44.8 Å². The van der Waals surface area contributed by atoms with E-state index >= 15 is 0 Å². The van der Waals surface area contributed by atoms with Crippen LogP contribution in [0.15, 0.2) is 19.6 Å². The molecule has 2 aromatic heterocycles. The highest BCUT2D eigenvalue weighted by molar-refractivity contribution is 9.13. The minimum absolute atomic E-state index is 0.0152. The molecule has 8 heteroatoms. The lowest BCUT2D eigenvalue weighted by Gasteiger charge is -2.07. The number of halogens is 2. The number of H-pyrrole nitrogens is 1. The molecule has 2 heterocycles. The molecule has 0 bridgehead atoms. The molecule has 0 radical (unpaired) electrons. The van der Waals surface area contributed by atoms with E-state index in [1.54, 1.807) is 0 Å². The van der Waals surface area contributed by atoms with Crippen molar-refractivity contribution in [2.45, 2.75) is 19.5 Å². The zero-order valence-electron chi connectivity index (χ0n) is 8.37. The summed E-state index contributed by atoms with van der Waals surface area (Å²) in [5, 5.41) is 16.9. The van der Waals surface area contributed by atoms with Gasteiger partial charge in [-0.2, -0.15) is 5.21 Å². The first-order valence-corrected chi connectivity index (χ1v) is 6.16. The summed E-state index contributed by atoms with van der Waals surface area (Å²) in [6, 6.07) is 1.92. The van der Waals surface area contributed by atoms with E-state index in [2.05, 4.69) is 57.8 Å². The van der Waals surface area contributed by atoms with Gasteiger partial charge in [-0.25, -0.2) is 0 Å². The Labute approximate surface area is 108 Å². The average molecular weight is 351 g/mol. The maximum atomic E-state index is 5.43. The van der Waals surface area contributed by atoms with E-state index in [1.165, 1.54) is 0 Å². The Morgan fingerprint density at radius 2 is 2.38 bits per heavy atom. The van der Waals surface area contributed by atoms with Gasteiger partial charge in [0.1, 0.15) is 5.76 Å². The first-order chi connectivity index (χ1) is 7.66. The van der Waals surface area contributed by atoms with E-state index in [0.717, 1.165) is 10.2 Å². The van der Waals surface area contributed by atoms with Crippen LogP contribution in [0.2, 0.25) is 0 Å². The van der Waals surface area contributed by atoms with Crippen molar-refractivity contribution in [3.05, 3.63) is 26.8 Å². The summed E-state index contributed by atoms with van der Waals surface area (Å²) >= 11 is 6.63. The molecule has 0 saturated carbocycles. The van der Waals surface area contributed by atoms with Gasteiger partial charge in [0.15, 0.2) is 10.5 Å². The fraction of sp³-hybridized carbons (Fsp3) is 0.375. The number of nitrogens with zero attached hydrogens (tertiary/aromatic N) is 3. The van der Waals surface area contributed by atoms with Crippen LogP contribution in [-0.4, -0.2) is 20.6 Å². The van der Waals surface area contributed by atoms with Crippen molar-refractivity contribution in [1.29, 1.82) is 0 Å². The largest absolute Gasteiger partial charge is 0.452 e. The third-order valence-electron chi connectivity index (χ3n) is 2.03. The lowest BCUT2D eigenvalue weighted by Crippen LogP contribution is -2.18. The van der Waals surface area contributed by atoms with Crippen LogP contribution < -0.4 is 5.32 Å². The summed E-state index contributed by atoms with van der Waals surface area (Å²) < 4.78 is 7.02. The van der Waals surface area contributed by atoms with Gasteiger partial charge in [0.25, 0.3) is 0 Å². The summed E-state index contributed by atoms with van der Waals surface area (Å²) in [4.78, 5) is 0. The molecular weight excluding hydrogens is 342 g/mol. The lowest BCUT2D eigenvalue weighted by atomic mass is 10.3. The molecule has 0 aliphatic carbocycles. The number of tetrazole rings is 1. The van der Waals surface area contributed by atoms with Gasteiger partial charge in [-0.3, -0.25) is 0 Å². The zero-order chi connectivity index (χ0) is 11.5. The van der Waals surface area contributed by atoms with Gasteiger partial charge in [0.2, 0.25) is 0 Å². The third-order valence-corrected chi connectivity index (χ3v) is 3.74. The van der Waals surface area contributed by atoms with Gasteiger partial charge in [-0.15, -0.1) is 10.2 Å². The quantitative estimate of drug-likeness (QED) is 0.883. The molecule has 1 atom stereocenters. The van der Waals surface area contributed by atoms with Gasteiger partial charge in [0.05, 0.1) is 17.1 Å².